The zero-order chi connectivity index (χ0) is 21.0. The van der Waals surface area contributed by atoms with Crippen LogP contribution in [0.3, 0.4) is 0 Å². The summed E-state index contributed by atoms with van der Waals surface area (Å²) in [6.07, 6.45) is 8.42. The van der Waals surface area contributed by atoms with Crippen molar-refractivity contribution in [3.8, 4) is 18.2 Å². The molecule has 0 N–H and O–H groups in total. The summed E-state index contributed by atoms with van der Waals surface area (Å²) in [7, 11) is 0. The summed E-state index contributed by atoms with van der Waals surface area (Å²) in [6, 6.07) is 5.68. The number of Topliss-reactive ketones (excluding diaryl/α,β-unsaturated/α-hetero) is 1. The molecule has 0 aliphatic heterocycles. The summed E-state index contributed by atoms with van der Waals surface area (Å²) < 4.78 is 5.64. The zero-order valence-electron chi connectivity index (χ0n) is 17.2. The quantitative estimate of drug-likeness (QED) is 0.486. The molecule has 0 amide bonds. The van der Waals surface area contributed by atoms with Crippen LogP contribution >= 0.6 is 23.0 Å². The van der Waals surface area contributed by atoms with Crippen LogP contribution in [-0.2, 0) is 7.86 Å². The van der Waals surface area contributed by atoms with Crippen LogP contribution in [0.2, 0.25) is 0 Å². The molecular weight excluding hydrogens is 477 g/mol. The van der Waals surface area contributed by atoms with Crippen LogP contribution < -0.4 is 0 Å². The van der Waals surface area contributed by atoms with Crippen molar-refractivity contribution >= 4 is 28.8 Å². The minimum Gasteiger partial charge on any atom is -0.312 e. The SMILES string of the molecule is CC12CCC3C(CCC4CC(OI)CCC43C)C1CC(C(C#N)(C#N)C#N)C2=O. The molecule has 6 heteroatoms. The Morgan fingerprint density at radius 1 is 1.00 bits per heavy atom. The molecule has 4 aliphatic carbocycles. The Labute approximate surface area is 187 Å². The fourth-order valence-electron chi connectivity index (χ4n) is 7.80. The van der Waals surface area contributed by atoms with Gasteiger partial charge >= 0.3 is 0 Å². The number of hydrogen-bond donors (Lipinski definition) is 0. The van der Waals surface area contributed by atoms with E-state index in [0.717, 1.165) is 32.1 Å². The van der Waals surface area contributed by atoms with E-state index in [1.807, 2.05) is 48.1 Å². The maximum Gasteiger partial charge on any atom is 0.238 e. The molecule has 0 aromatic rings. The highest BCUT2D eigenvalue weighted by atomic mass is 127. The van der Waals surface area contributed by atoms with Crippen molar-refractivity contribution in [3.05, 3.63) is 0 Å². The molecule has 0 aromatic carbocycles. The number of rotatable bonds is 2. The summed E-state index contributed by atoms with van der Waals surface area (Å²) in [5, 5.41) is 28.8. The molecule has 4 saturated carbocycles. The number of nitrogens with zero attached hydrogens (tertiary/aromatic N) is 3. The van der Waals surface area contributed by atoms with Crippen molar-refractivity contribution in [1.82, 2.24) is 0 Å². The van der Waals surface area contributed by atoms with Crippen molar-refractivity contribution in [3.63, 3.8) is 0 Å². The van der Waals surface area contributed by atoms with Crippen molar-refractivity contribution in [1.29, 1.82) is 15.8 Å². The molecule has 0 heterocycles. The molecule has 0 spiro atoms. The number of halogens is 1. The molecule has 0 aromatic heterocycles. The molecule has 0 saturated heterocycles. The van der Waals surface area contributed by atoms with Gasteiger partial charge in [0.05, 0.1) is 12.0 Å². The number of fused-ring (bicyclic) bond motifs is 5. The third kappa shape index (κ3) is 2.80. The van der Waals surface area contributed by atoms with Crippen LogP contribution in [0.5, 0.6) is 0 Å². The smallest absolute Gasteiger partial charge is 0.238 e. The molecule has 29 heavy (non-hydrogen) atoms. The Hall–Kier alpha value is -1.17. The number of ketones is 1. The summed E-state index contributed by atoms with van der Waals surface area (Å²) in [4.78, 5) is 13.4. The van der Waals surface area contributed by atoms with Gasteiger partial charge in [0, 0.05) is 5.41 Å². The van der Waals surface area contributed by atoms with Crippen molar-refractivity contribution in [2.45, 2.75) is 71.3 Å². The number of hydrogen-bond acceptors (Lipinski definition) is 5. The first-order valence-corrected chi connectivity index (χ1v) is 11.7. The molecule has 4 aliphatic rings. The molecule has 0 radical (unpaired) electrons. The second kappa shape index (κ2) is 7.21. The molecule has 8 unspecified atom stereocenters. The van der Waals surface area contributed by atoms with Crippen LogP contribution in [0.15, 0.2) is 0 Å². The lowest BCUT2D eigenvalue weighted by molar-refractivity contribution is -0.142. The average molecular weight is 505 g/mol. The highest BCUT2D eigenvalue weighted by molar-refractivity contribution is 14.1. The highest BCUT2D eigenvalue weighted by Crippen LogP contribution is 2.67. The number of nitriles is 3. The van der Waals surface area contributed by atoms with Crippen LogP contribution in [0, 0.1) is 79.8 Å². The maximum atomic E-state index is 13.4. The van der Waals surface area contributed by atoms with Gasteiger partial charge in [-0.25, -0.2) is 0 Å². The summed E-state index contributed by atoms with van der Waals surface area (Å²) >= 11 is 2.04. The Kier molecular flexibility index (Phi) is 5.24. The second-order valence-electron chi connectivity index (χ2n) is 10.4. The molecular formula is C23H28IN3O2. The van der Waals surface area contributed by atoms with Gasteiger partial charge in [-0.1, -0.05) is 13.8 Å². The van der Waals surface area contributed by atoms with Crippen molar-refractivity contribution in [2.75, 3.05) is 0 Å². The van der Waals surface area contributed by atoms with Gasteiger partial charge in [0.25, 0.3) is 0 Å². The van der Waals surface area contributed by atoms with E-state index in [1.54, 1.807) is 0 Å². The van der Waals surface area contributed by atoms with E-state index >= 15 is 0 Å². The standard InChI is InChI=1S/C23H28IN3O2/c1-21-7-5-15(29-24)9-14(21)3-4-16-17(21)6-8-22(2)18(16)10-19(20(22)28)23(11-25,12-26)13-27/h14-19H,3-10H2,1-2H3. The van der Waals surface area contributed by atoms with Gasteiger partial charge in [0.1, 0.15) is 47.0 Å². The fraction of sp³-hybridized carbons (Fsp3) is 0.826. The predicted octanol–water partition coefficient (Wildman–Crippen LogP) is 5.12. The predicted molar refractivity (Wildman–Crippen MR) is 114 cm³/mol. The van der Waals surface area contributed by atoms with Crippen LogP contribution in [-0.4, -0.2) is 11.9 Å². The topological polar surface area (TPSA) is 97.7 Å². The Balaban J connectivity index is 1.65. The van der Waals surface area contributed by atoms with Crippen LogP contribution in [0.1, 0.15) is 65.2 Å². The zero-order valence-corrected chi connectivity index (χ0v) is 19.3. The first kappa shape index (κ1) is 21.1. The van der Waals surface area contributed by atoms with E-state index in [9.17, 15) is 20.6 Å². The highest BCUT2D eigenvalue weighted by Gasteiger charge is 2.65. The lowest BCUT2D eigenvalue weighted by atomic mass is 9.45. The lowest BCUT2D eigenvalue weighted by Gasteiger charge is -2.60. The molecule has 4 rings (SSSR count). The lowest BCUT2D eigenvalue weighted by Crippen LogP contribution is -2.54. The monoisotopic (exact) mass is 505 g/mol. The van der Waals surface area contributed by atoms with Gasteiger partial charge in [0.2, 0.25) is 5.41 Å². The normalized spacial score (nSPS) is 46.4. The van der Waals surface area contributed by atoms with Gasteiger partial charge in [-0.2, -0.15) is 15.8 Å². The van der Waals surface area contributed by atoms with Gasteiger partial charge in [0.15, 0.2) is 0 Å². The fourth-order valence-corrected chi connectivity index (χ4v) is 8.26. The van der Waals surface area contributed by atoms with Crippen LogP contribution in [0.4, 0.5) is 0 Å². The van der Waals surface area contributed by atoms with Crippen molar-refractivity contribution < 1.29 is 7.86 Å². The number of carbonyl (C=O) groups excluding carboxylic acids is 1. The Morgan fingerprint density at radius 2 is 1.69 bits per heavy atom. The Morgan fingerprint density at radius 3 is 2.31 bits per heavy atom. The van der Waals surface area contributed by atoms with E-state index in [-0.39, 0.29) is 17.1 Å². The molecule has 0 bridgehead atoms. The first-order chi connectivity index (χ1) is 13.8. The largest absolute Gasteiger partial charge is 0.312 e. The van der Waals surface area contributed by atoms with E-state index in [1.165, 1.54) is 12.8 Å². The maximum absolute atomic E-state index is 13.4. The average Bonchev–Trinajstić information content (AvgIpc) is 3.01. The molecule has 154 valence electrons. The third-order valence-corrected chi connectivity index (χ3v) is 10.3. The third-order valence-electron chi connectivity index (χ3n) is 9.55. The summed E-state index contributed by atoms with van der Waals surface area (Å²) in [6.45, 7) is 4.50. The minimum atomic E-state index is -1.84. The first-order valence-electron chi connectivity index (χ1n) is 10.8. The van der Waals surface area contributed by atoms with Gasteiger partial charge < -0.3 is 3.07 Å². The van der Waals surface area contributed by atoms with Crippen LogP contribution in [0.25, 0.3) is 0 Å². The molecule has 5 nitrogen and oxygen atoms in total. The van der Waals surface area contributed by atoms with E-state index in [4.69, 9.17) is 3.07 Å². The van der Waals surface area contributed by atoms with Crippen molar-refractivity contribution in [2.24, 2.45) is 45.8 Å². The Bertz CT molecular complexity index is 802. The second-order valence-corrected chi connectivity index (χ2v) is 10.9. The van der Waals surface area contributed by atoms with E-state index in [0.29, 0.717) is 30.3 Å². The minimum absolute atomic E-state index is 0.0140. The van der Waals surface area contributed by atoms with E-state index in [2.05, 4.69) is 6.92 Å². The summed E-state index contributed by atoms with van der Waals surface area (Å²) in [5.41, 5.74) is -2.05. The summed E-state index contributed by atoms with van der Waals surface area (Å²) in [5.74, 6) is 1.11. The van der Waals surface area contributed by atoms with E-state index < -0.39 is 16.7 Å². The molecule has 8 atom stereocenters. The van der Waals surface area contributed by atoms with Gasteiger partial charge in [-0.15, -0.1) is 0 Å². The van der Waals surface area contributed by atoms with Gasteiger partial charge in [-0.3, -0.25) is 4.79 Å². The van der Waals surface area contributed by atoms with Gasteiger partial charge in [-0.05, 0) is 80.5 Å². The number of carbonyl (C=O) groups is 1. The molecule has 4 fully saturated rings.